The van der Waals surface area contributed by atoms with Crippen LogP contribution in [0.15, 0.2) is 18.2 Å². The normalized spacial score (nSPS) is 28.7. The number of methoxy groups -OCH3 is 2. The highest BCUT2D eigenvalue weighted by atomic mass is 16.7. The Hall–Kier alpha value is -1.55. The quantitative estimate of drug-likeness (QED) is 0.591. The first-order valence-corrected chi connectivity index (χ1v) is 6.14. The number of aryl methyl sites for hydroxylation is 1. The summed E-state index contributed by atoms with van der Waals surface area (Å²) in [7, 11) is 3.06. The molecule has 4 nitrogen and oxygen atoms in total. The van der Waals surface area contributed by atoms with Crippen LogP contribution in [-0.2, 0) is 26.3 Å². The van der Waals surface area contributed by atoms with E-state index in [0.29, 0.717) is 0 Å². The molecule has 0 aromatic heterocycles. The minimum Gasteiger partial charge on any atom is -0.497 e. The molecule has 1 aliphatic heterocycles. The molecule has 0 bridgehead atoms. The summed E-state index contributed by atoms with van der Waals surface area (Å²) in [5.41, 5.74) is 1.89. The summed E-state index contributed by atoms with van der Waals surface area (Å²) >= 11 is 0. The van der Waals surface area contributed by atoms with Gasteiger partial charge in [0.25, 0.3) is 0 Å². The van der Waals surface area contributed by atoms with Gasteiger partial charge in [0.2, 0.25) is 0 Å². The number of epoxide rings is 1. The predicted octanol–water partition coefficient (Wildman–Crippen LogP) is 1.80. The van der Waals surface area contributed by atoms with E-state index in [0.717, 1.165) is 30.6 Å². The molecule has 0 N–H and O–H groups in total. The van der Waals surface area contributed by atoms with Crippen molar-refractivity contribution in [2.45, 2.75) is 31.0 Å². The summed E-state index contributed by atoms with van der Waals surface area (Å²) in [6, 6.07) is 5.96. The lowest BCUT2D eigenvalue weighted by molar-refractivity contribution is -0.142. The average molecular weight is 248 g/mol. The van der Waals surface area contributed by atoms with Crippen molar-refractivity contribution < 1.29 is 19.0 Å². The second kappa shape index (κ2) is 3.99. The number of benzene rings is 1. The van der Waals surface area contributed by atoms with E-state index in [4.69, 9.17) is 14.2 Å². The van der Waals surface area contributed by atoms with Crippen molar-refractivity contribution in [3.05, 3.63) is 29.3 Å². The lowest BCUT2D eigenvalue weighted by Gasteiger charge is -2.23. The van der Waals surface area contributed by atoms with Gasteiger partial charge in [-0.1, -0.05) is 6.07 Å². The molecule has 1 spiro atoms. The van der Waals surface area contributed by atoms with Crippen LogP contribution in [0.5, 0.6) is 5.75 Å². The Kier molecular flexibility index (Phi) is 2.55. The van der Waals surface area contributed by atoms with E-state index in [1.165, 1.54) is 12.7 Å². The fourth-order valence-corrected chi connectivity index (χ4v) is 2.91. The Labute approximate surface area is 106 Å². The van der Waals surface area contributed by atoms with Gasteiger partial charge in [0.05, 0.1) is 14.2 Å². The van der Waals surface area contributed by atoms with Crippen LogP contribution >= 0.6 is 0 Å². The molecule has 18 heavy (non-hydrogen) atoms. The van der Waals surface area contributed by atoms with Gasteiger partial charge in [-0.25, -0.2) is 4.79 Å². The minimum absolute atomic E-state index is 0.279. The van der Waals surface area contributed by atoms with Gasteiger partial charge in [-0.2, -0.15) is 0 Å². The first-order valence-electron chi connectivity index (χ1n) is 6.14. The zero-order valence-corrected chi connectivity index (χ0v) is 10.6. The van der Waals surface area contributed by atoms with Gasteiger partial charge in [0, 0.05) is 0 Å². The minimum atomic E-state index is -0.438. The predicted molar refractivity (Wildman–Crippen MR) is 64.5 cm³/mol. The molecule has 2 atom stereocenters. The molecule has 1 aromatic carbocycles. The molecule has 2 unspecified atom stereocenters. The van der Waals surface area contributed by atoms with Crippen LogP contribution < -0.4 is 4.74 Å². The largest absolute Gasteiger partial charge is 0.497 e. The van der Waals surface area contributed by atoms with Crippen LogP contribution in [0, 0.1) is 0 Å². The maximum atomic E-state index is 11.6. The Morgan fingerprint density at radius 3 is 3.00 bits per heavy atom. The zero-order chi connectivity index (χ0) is 12.8. The molecule has 0 amide bonds. The molecular weight excluding hydrogens is 232 g/mol. The molecule has 1 fully saturated rings. The Bertz CT molecular complexity index is 497. The number of esters is 1. The SMILES string of the molecule is COC(=O)C1OC12CCCc1cc(OC)ccc12. The number of carbonyl (C=O) groups excluding carboxylic acids is 1. The number of ether oxygens (including phenoxy) is 3. The van der Waals surface area contributed by atoms with Crippen molar-refractivity contribution in [1.29, 1.82) is 0 Å². The zero-order valence-electron chi connectivity index (χ0n) is 10.6. The van der Waals surface area contributed by atoms with Gasteiger partial charge >= 0.3 is 5.97 Å². The van der Waals surface area contributed by atoms with E-state index in [1.54, 1.807) is 7.11 Å². The highest BCUT2D eigenvalue weighted by Crippen LogP contribution is 2.54. The molecule has 2 aliphatic rings. The summed E-state index contributed by atoms with van der Waals surface area (Å²) in [5.74, 6) is 0.569. The Balaban J connectivity index is 1.97. The number of rotatable bonds is 2. The van der Waals surface area contributed by atoms with Crippen LogP contribution in [0.3, 0.4) is 0 Å². The summed E-state index contributed by atoms with van der Waals surface area (Å²) in [6.45, 7) is 0. The van der Waals surface area contributed by atoms with Gasteiger partial charge in [0.1, 0.15) is 11.4 Å². The highest BCUT2D eigenvalue weighted by molar-refractivity contribution is 5.80. The Morgan fingerprint density at radius 1 is 1.44 bits per heavy atom. The molecule has 0 saturated carbocycles. The Morgan fingerprint density at radius 2 is 2.28 bits per heavy atom. The number of hydrogen-bond donors (Lipinski definition) is 0. The molecule has 1 saturated heterocycles. The lowest BCUT2D eigenvalue weighted by atomic mass is 9.80. The highest BCUT2D eigenvalue weighted by Gasteiger charge is 2.63. The van der Waals surface area contributed by atoms with Gasteiger partial charge in [-0.3, -0.25) is 0 Å². The lowest BCUT2D eigenvalue weighted by Crippen LogP contribution is -2.24. The van der Waals surface area contributed by atoms with Crippen molar-refractivity contribution >= 4 is 5.97 Å². The van der Waals surface area contributed by atoms with Gasteiger partial charge < -0.3 is 14.2 Å². The van der Waals surface area contributed by atoms with E-state index >= 15 is 0 Å². The van der Waals surface area contributed by atoms with Crippen molar-refractivity contribution in [2.75, 3.05) is 14.2 Å². The molecule has 1 heterocycles. The first-order chi connectivity index (χ1) is 8.71. The van der Waals surface area contributed by atoms with Crippen LogP contribution in [0.25, 0.3) is 0 Å². The average Bonchev–Trinajstić information content (AvgIpc) is 3.12. The second-order valence-electron chi connectivity index (χ2n) is 4.79. The monoisotopic (exact) mass is 248 g/mol. The standard InChI is InChI=1S/C14H16O4/c1-16-10-5-6-11-9(8-10)4-3-7-14(11)12(18-14)13(15)17-2/h5-6,8,12H,3-4,7H2,1-2H3. The summed E-state index contributed by atoms with van der Waals surface area (Å²) in [5, 5.41) is 0. The maximum absolute atomic E-state index is 11.6. The molecular formula is C14H16O4. The fraction of sp³-hybridized carbons (Fsp3) is 0.500. The van der Waals surface area contributed by atoms with Crippen LogP contribution in [0.1, 0.15) is 24.0 Å². The third kappa shape index (κ3) is 1.52. The second-order valence-corrected chi connectivity index (χ2v) is 4.79. The van der Waals surface area contributed by atoms with Gasteiger partial charge in [-0.05, 0) is 42.5 Å². The molecule has 1 aromatic rings. The third-order valence-electron chi connectivity index (χ3n) is 3.87. The van der Waals surface area contributed by atoms with Crippen LogP contribution in [-0.4, -0.2) is 26.3 Å². The van der Waals surface area contributed by atoms with E-state index in [1.807, 2.05) is 18.2 Å². The van der Waals surface area contributed by atoms with Crippen molar-refractivity contribution in [3.8, 4) is 5.75 Å². The van der Waals surface area contributed by atoms with E-state index < -0.39 is 11.7 Å². The van der Waals surface area contributed by atoms with Gasteiger partial charge in [-0.15, -0.1) is 0 Å². The third-order valence-corrected chi connectivity index (χ3v) is 3.87. The van der Waals surface area contributed by atoms with E-state index in [2.05, 4.69) is 0 Å². The number of hydrogen-bond acceptors (Lipinski definition) is 4. The molecule has 4 heteroatoms. The topological polar surface area (TPSA) is 48.1 Å². The van der Waals surface area contributed by atoms with Crippen molar-refractivity contribution in [2.24, 2.45) is 0 Å². The molecule has 3 rings (SSSR count). The summed E-state index contributed by atoms with van der Waals surface area (Å²) in [4.78, 5) is 11.6. The first kappa shape index (κ1) is 11.5. The van der Waals surface area contributed by atoms with Crippen molar-refractivity contribution in [3.63, 3.8) is 0 Å². The molecule has 96 valence electrons. The smallest absolute Gasteiger partial charge is 0.338 e. The van der Waals surface area contributed by atoms with Gasteiger partial charge in [0.15, 0.2) is 6.10 Å². The maximum Gasteiger partial charge on any atom is 0.338 e. The van der Waals surface area contributed by atoms with Crippen LogP contribution in [0.4, 0.5) is 0 Å². The summed E-state index contributed by atoms with van der Waals surface area (Å²) < 4.78 is 15.7. The summed E-state index contributed by atoms with van der Waals surface area (Å²) in [6.07, 6.45) is 2.47. The molecule has 1 aliphatic carbocycles. The van der Waals surface area contributed by atoms with Crippen LogP contribution in [0.2, 0.25) is 0 Å². The molecule has 0 radical (unpaired) electrons. The fourth-order valence-electron chi connectivity index (χ4n) is 2.91. The number of carbonyl (C=O) groups is 1. The van der Waals surface area contributed by atoms with E-state index in [-0.39, 0.29) is 5.97 Å². The number of fused-ring (bicyclic) bond motifs is 2. The van der Waals surface area contributed by atoms with Crippen molar-refractivity contribution in [1.82, 2.24) is 0 Å². The van der Waals surface area contributed by atoms with E-state index in [9.17, 15) is 4.79 Å².